The zero-order valence-electron chi connectivity index (χ0n) is 13.6. The molecule has 2 fully saturated rings. The van der Waals surface area contributed by atoms with E-state index in [0.717, 1.165) is 19.5 Å². The summed E-state index contributed by atoms with van der Waals surface area (Å²) in [4.78, 5) is 14.7. The van der Waals surface area contributed by atoms with Crippen molar-refractivity contribution in [2.45, 2.75) is 51.5 Å². The Hall–Kier alpha value is -1.51. The van der Waals surface area contributed by atoms with Crippen LogP contribution in [0.4, 0.5) is 4.79 Å². The molecule has 0 spiro atoms. The molecule has 22 heavy (non-hydrogen) atoms. The van der Waals surface area contributed by atoms with Crippen LogP contribution in [0.1, 0.15) is 57.1 Å². The summed E-state index contributed by atoms with van der Waals surface area (Å²) in [6, 6.07) is 10.8. The topological polar surface area (TPSA) is 32.3 Å². The van der Waals surface area contributed by atoms with E-state index in [1.165, 1.54) is 37.7 Å². The van der Waals surface area contributed by atoms with E-state index in [-0.39, 0.29) is 12.1 Å². The van der Waals surface area contributed by atoms with Gasteiger partial charge in [0.2, 0.25) is 0 Å². The second-order valence-corrected chi connectivity index (χ2v) is 7.08. The Morgan fingerprint density at radius 2 is 1.86 bits per heavy atom. The van der Waals surface area contributed by atoms with Crippen LogP contribution in [0, 0.1) is 11.8 Å². The van der Waals surface area contributed by atoms with Crippen LogP contribution in [0.3, 0.4) is 0 Å². The number of hydrogen-bond donors (Lipinski definition) is 1. The number of piperidine rings is 1. The molecule has 1 aliphatic heterocycles. The van der Waals surface area contributed by atoms with Gasteiger partial charge in [0.05, 0.1) is 6.04 Å². The van der Waals surface area contributed by atoms with Crippen LogP contribution in [0.2, 0.25) is 0 Å². The van der Waals surface area contributed by atoms with Gasteiger partial charge in [0.25, 0.3) is 0 Å². The fraction of sp³-hybridized carbons (Fsp3) is 0.632. The van der Waals surface area contributed by atoms with Gasteiger partial charge < -0.3 is 10.2 Å². The molecule has 120 valence electrons. The van der Waals surface area contributed by atoms with Crippen molar-refractivity contribution in [3.05, 3.63) is 35.9 Å². The lowest BCUT2D eigenvalue weighted by Crippen LogP contribution is -2.47. The lowest BCUT2D eigenvalue weighted by atomic mass is 9.91. The minimum atomic E-state index is 0.132. The molecule has 0 aromatic heterocycles. The molecule has 1 aromatic carbocycles. The first-order chi connectivity index (χ1) is 10.7. The van der Waals surface area contributed by atoms with Gasteiger partial charge in [-0.3, -0.25) is 0 Å². The van der Waals surface area contributed by atoms with Gasteiger partial charge >= 0.3 is 6.03 Å². The van der Waals surface area contributed by atoms with Crippen molar-refractivity contribution in [1.82, 2.24) is 10.2 Å². The number of amides is 2. The maximum atomic E-state index is 12.7. The third kappa shape index (κ3) is 3.63. The third-order valence-corrected chi connectivity index (χ3v) is 5.25. The van der Waals surface area contributed by atoms with Crippen molar-refractivity contribution in [2.75, 3.05) is 13.1 Å². The Bertz CT molecular complexity index is 481. The molecule has 3 heteroatoms. The Morgan fingerprint density at radius 3 is 2.55 bits per heavy atom. The molecule has 1 saturated carbocycles. The fourth-order valence-corrected chi connectivity index (χ4v) is 4.02. The zero-order valence-corrected chi connectivity index (χ0v) is 13.6. The van der Waals surface area contributed by atoms with Crippen molar-refractivity contribution in [2.24, 2.45) is 11.8 Å². The van der Waals surface area contributed by atoms with Crippen LogP contribution < -0.4 is 5.32 Å². The first-order valence-corrected chi connectivity index (χ1v) is 8.84. The first kappa shape index (κ1) is 15.4. The summed E-state index contributed by atoms with van der Waals surface area (Å²) < 4.78 is 0. The smallest absolute Gasteiger partial charge is 0.317 e. The number of benzene rings is 1. The Labute approximate surface area is 134 Å². The Balaban J connectivity index is 1.70. The number of urea groups is 1. The second-order valence-electron chi connectivity index (χ2n) is 7.08. The molecular weight excluding hydrogens is 272 g/mol. The van der Waals surface area contributed by atoms with E-state index in [0.29, 0.717) is 11.8 Å². The maximum absolute atomic E-state index is 12.7. The second kappa shape index (κ2) is 7.17. The minimum Gasteiger partial charge on any atom is -0.331 e. The number of carbonyl (C=O) groups excluding carboxylic acids is 1. The third-order valence-electron chi connectivity index (χ3n) is 5.25. The number of rotatable bonds is 3. The Morgan fingerprint density at radius 1 is 1.14 bits per heavy atom. The monoisotopic (exact) mass is 300 g/mol. The zero-order chi connectivity index (χ0) is 15.4. The van der Waals surface area contributed by atoms with E-state index >= 15 is 0 Å². The molecular formula is C19H28N2O. The van der Waals surface area contributed by atoms with Crippen molar-refractivity contribution in [1.29, 1.82) is 0 Å². The van der Waals surface area contributed by atoms with Crippen LogP contribution in [0.5, 0.6) is 0 Å². The molecule has 1 heterocycles. The van der Waals surface area contributed by atoms with Crippen molar-refractivity contribution < 1.29 is 4.79 Å². The molecule has 2 atom stereocenters. The van der Waals surface area contributed by atoms with Crippen molar-refractivity contribution in [3.8, 4) is 0 Å². The highest BCUT2D eigenvalue weighted by Gasteiger charge is 2.30. The molecule has 1 aromatic rings. The van der Waals surface area contributed by atoms with Gasteiger partial charge in [0.15, 0.2) is 0 Å². The quantitative estimate of drug-likeness (QED) is 0.884. The summed E-state index contributed by atoms with van der Waals surface area (Å²) in [6.07, 6.45) is 7.43. The molecule has 1 aliphatic carbocycles. The lowest BCUT2D eigenvalue weighted by Gasteiger charge is -2.34. The van der Waals surface area contributed by atoms with E-state index in [1.807, 2.05) is 11.0 Å². The summed E-state index contributed by atoms with van der Waals surface area (Å²) in [7, 11) is 0. The minimum absolute atomic E-state index is 0.132. The molecule has 0 bridgehead atoms. The van der Waals surface area contributed by atoms with Gasteiger partial charge in [-0.15, -0.1) is 0 Å². The highest BCUT2D eigenvalue weighted by atomic mass is 16.2. The average Bonchev–Trinajstić information content (AvgIpc) is 3.07. The molecule has 2 aliphatic rings. The lowest BCUT2D eigenvalue weighted by molar-refractivity contribution is 0.162. The fourth-order valence-electron chi connectivity index (χ4n) is 4.02. The molecule has 0 radical (unpaired) electrons. The maximum Gasteiger partial charge on any atom is 0.317 e. The van der Waals surface area contributed by atoms with Crippen LogP contribution in [0.15, 0.2) is 30.3 Å². The predicted molar refractivity (Wildman–Crippen MR) is 89.6 cm³/mol. The molecule has 3 nitrogen and oxygen atoms in total. The summed E-state index contributed by atoms with van der Waals surface area (Å²) in [5.74, 6) is 1.22. The summed E-state index contributed by atoms with van der Waals surface area (Å²) >= 11 is 0. The van der Waals surface area contributed by atoms with E-state index in [1.54, 1.807) is 0 Å². The number of nitrogens with one attached hydrogen (secondary N) is 1. The van der Waals surface area contributed by atoms with Crippen molar-refractivity contribution in [3.63, 3.8) is 0 Å². The Kier molecular flexibility index (Phi) is 5.01. The van der Waals surface area contributed by atoms with Gasteiger partial charge in [-0.2, -0.15) is 0 Å². The average molecular weight is 300 g/mol. The van der Waals surface area contributed by atoms with Crippen LogP contribution >= 0.6 is 0 Å². The first-order valence-electron chi connectivity index (χ1n) is 8.84. The van der Waals surface area contributed by atoms with Crippen LogP contribution in [0.25, 0.3) is 0 Å². The van der Waals surface area contributed by atoms with Gasteiger partial charge in [0, 0.05) is 13.1 Å². The van der Waals surface area contributed by atoms with E-state index in [9.17, 15) is 4.79 Å². The van der Waals surface area contributed by atoms with Crippen molar-refractivity contribution >= 4 is 6.03 Å². The molecule has 2 amide bonds. The van der Waals surface area contributed by atoms with Gasteiger partial charge in [-0.05, 0) is 43.1 Å². The van der Waals surface area contributed by atoms with Gasteiger partial charge in [0.1, 0.15) is 0 Å². The SMILES string of the molecule is CC1CCCN(C(=O)NC(c2ccccc2)C2CCCC2)C1. The number of carbonyl (C=O) groups is 1. The van der Waals surface area contributed by atoms with Crippen LogP contribution in [-0.2, 0) is 0 Å². The largest absolute Gasteiger partial charge is 0.331 e. The number of likely N-dealkylation sites (tertiary alicyclic amines) is 1. The van der Waals surface area contributed by atoms with Gasteiger partial charge in [-0.25, -0.2) is 4.79 Å². The summed E-state index contributed by atoms with van der Waals surface area (Å²) in [6.45, 7) is 4.05. The number of hydrogen-bond acceptors (Lipinski definition) is 1. The number of nitrogens with zero attached hydrogens (tertiary/aromatic N) is 1. The highest BCUT2D eigenvalue weighted by Crippen LogP contribution is 2.35. The molecule has 2 unspecified atom stereocenters. The molecule has 1 N–H and O–H groups in total. The van der Waals surface area contributed by atoms with Crippen LogP contribution in [-0.4, -0.2) is 24.0 Å². The standard InChI is InChI=1S/C19H28N2O/c1-15-8-7-13-21(14-15)19(22)20-18(17-11-5-6-12-17)16-9-3-2-4-10-16/h2-4,9-10,15,17-18H,5-8,11-14H2,1H3,(H,20,22). The molecule has 3 rings (SSSR count). The summed E-state index contributed by atoms with van der Waals surface area (Å²) in [5.41, 5.74) is 1.26. The van der Waals surface area contributed by atoms with E-state index in [2.05, 4.69) is 36.5 Å². The molecule has 1 saturated heterocycles. The van der Waals surface area contributed by atoms with E-state index in [4.69, 9.17) is 0 Å². The van der Waals surface area contributed by atoms with Gasteiger partial charge in [-0.1, -0.05) is 50.1 Å². The predicted octanol–water partition coefficient (Wildman–Crippen LogP) is 4.36. The van der Waals surface area contributed by atoms with E-state index < -0.39 is 0 Å². The normalized spacial score (nSPS) is 24.2. The summed E-state index contributed by atoms with van der Waals surface area (Å²) in [5, 5.41) is 3.35. The highest BCUT2D eigenvalue weighted by molar-refractivity contribution is 5.75.